The van der Waals surface area contributed by atoms with E-state index in [0.717, 1.165) is 18.2 Å². The molecule has 0 atom stereocenters. The van der Waals surface area contributed by atoms with Gasteiger partial charge >= 0.3 is 6.18 Å². The van der Waals surface area contributed by atoms with E-state index in [9.17, 15) is 28.2 Å². The standard InChI is InChI=1S/C19H12ClF3N2O3/c20-13-6-9(7-15(26)16(13)27)5-10-3-4-25-17(10)24-14-8-11(19(21,22)23)1-2-12(14)18(25)28/h1-2,5-8,26-27H,3-4H2/b10-5+. The minimum Gasteiger partial charge on any atom is -0.504 e. The quantitative estimate of drug-likeness (QED) is 0.584. The van der Waals surface area contributed by atoms with E-state index in [1.165, 1.54) is 16.7 Å². The van der Waals surface area contributed by atoms with Crippen LogP contribution >= 0.6 is 11.6 Å². The summed E-state index contributed by atoms with van der Waals surface area (Å²) in [6.45, 7) is 0.335. The molecule has 4 rings (SSSR count). The van der Waals surface area contributed by atoms with Gasteiger partial charge in [0, 0.05) is 6.54 Å². The van der Waals surface area contributed by atoms with Gasteiger partial charge in [-0.05, 0) is 54.0 Å². The summed E-state index contributed by atoms with van der Waals surface area (Å²) < 4.78 is 40.4. The average Bonchev–Trinajstić information content (AvgIpc) is 3.01. The van der Waals surface area contributed by atoms with E-state index in [4.69, 9.17) is 11.6 Å². The van der Waals surface area contributed by atoms with Gasteiger partial charge in [-0.3, -0.25) is 9.36 Å². The monoisotopic (exact) mass is 408 g/mol. The fourth-order valence-electron chi connectivity index (χ4n) is 3.22. The van der Waals surface area contributed by atoms with E-state index in [1.807, 2.05) is 0 Å². The number of allylic oxidation sites excluding steroid dienone is 1. The van der Waals surface area contributed by atoms with Crippen molar-refractivity contribution in [3.05, 3.63) is 62.7 Å². The zero-order chi connectivity index (χ0) is 20.2. The van der Waals surface area contributed by atoms with Gasteiger partial charge in [0.25, 0.3) is 5.56 Å². The summed E-state index contributed by atoms with van der Waals surface area (Å²) in [5, 5.41) is 19.3. The SMILES string of the molecule is O=c1c2ccc(C(F)(F)F)cc2nc2n1CC/C2=C\c1cc(O)c(O)c(Cl)c1. The van der Waals surface area contributed by atoms with Crippen molar-refractivity contribution in [2.75, 3.05) is 0 Å². The number of phenolic OH excluding ortho intramolecular Hbond substituents is 2. The minimum atomic E-state index is -4.54. The van der Waals surface area contributed by atoms with E-state index >= 15 is 0 Å². The molecule has 1 aliphatic rings. The number of aromatic nitrogens is 2. The molecule has 144 valence electrons. The summed E-state index contributed by atoms with van der Waals surface area (Å²) in [5.74, 6) is -0.591. The fourth-order valence-corrected chi connectivity index (χ4v) is 3.44. The molecule has 28 heavy (non-hydrogen) atoms. The third kappa shape index (κ3) is 2.99. The molecule has 0 fully saturated rings. The first-order valence-electron chi connectivity index (χ1n) is 8.19. The molecule has 1 aromatic heterocycles. The van der Waals surface area contributed by atoms with Crippen molar-refractivity contribution < 1.29 is 23.4 Å². The predicted molar refractivity (Wildman–Crippen MR) is 98.3 cm³/mol. The number of phenols is 2. The van der Waals surface area contributed by atoms with Crippen LogP contribution in [0.4, 0.5) is 13.2 Å². The Bertz CT molecular complexity index is 1190. The van der Waals surface area contributed by atoms with Crippen LogP contribution in [0, 0.1) is 0 Å². The van der Waals surface area contributed by atoms with Gasteiger partial charge in [0.2, 0.25) is 0 Å². The lowest BCUT2D eigenvalue weighted by Gasteiger charge is -2.09. The van der Waals surface area contributed by atoms with Gasteiger partial charge in [0.15, 0.2) is 11.5 Å². The van der Waals surface area contributed by atoms with Crippen LogP contribution in [0.5, 0.6) is 11.5 Å². The maximum atomic E-state index is 13.0. The highest BCUT2D eigenvalue weighted by Crippen LogP contribution is 2.36. The van der Waals surface area contributed by atoms with Crippen molar-refractivity contribution in [1.82, 2.24) is 9.55 Å². The van der Waals surface area contributed by atoms with E-state index < -0.39 is 28.8 Å². The number of halogens is 4. The number of benzene rings is 2. The molecule has 2 heterocycles. The van der Waals surface area contributed by atoms with Crippen LogP contribution in [0.1, 0.15) is 23.4 Å². The number of hydrogen-bond acceptors (Lipinski definition) is 4. The number of aromatic hydroxyl groups is 2. The Balaban J connectivity index is 1.88. The molecule has 2 aromatic carbocycles. The minimum absolute atomic E-state index is 0.0366. The summed E-state index contributed by atoms with van der Waals surface area (Å²) in [4.78, 5) is 16.9. The number of alkyl halides is 3. The van der Waals surface area contributed by atoms with Gasteiger partial charge in [-0.2, -0.15) is 13.2 Å². The maximum absolute atomic E-state index is 13.0. The summed E-state index contributed by atoms with van der Waals surface area (Å²) in [6, 6.07) is 5.58. The molecule has 2 N–H and O–H groups in total. The molecular formula is C19H12ClF3N2O3. The number of fused-ring (bicyclic) bond motifs is 2. The third-order valence-electron chi connectivity index (χ3n) is 4.58. The highest BCUT2D eigenvalue weighted by molar-refractivity contribution is 6.32. The van der Waals surface area contributed by atoms with E-state index in [2.05, 4.69) is 4.98 Å². The van der Waals surface area contributed by atoms with Gasteiger partial charge in [0.05, 0.1) is 21.5 Å². The first-order valence-corrected chi connectivity index (χ1v) is 8.57. The number of hydrogen-bond donors (Lipinski definition) is 2. The van der Waals surface area contributed by atoms with Crippen LogP contribution in [-0.2, 0) is 12.7 Å². The normalized spacial score (nSPS) is 15.4. The van der Waals surface area contributed by atoms with Crippen molar-refractivity contribution in [2.24, 2.45) is 0 Å². The lowest BCUT2D eigenvalue weighted by molar-refractivity contribution is -0.137. The van der Waals surface area contributed by atoms with Crippen LogP contribution in [0.2, 0.25) is 5.02 Å². The van der Waals surface area contributed by atoms with E-state index in [-0.39, 0.29) is 21.7 Å². The van der Waals surface area contributed by atoms with Crippen molar-refractivity contribution in [1.29, 1.82) is 0 Å². The molecule has 3 aromatic rings. The zero-order valence-corrected chi connectivity index (χ0v) is 14.8. The van der Waals surface area contributed by atoms with E-state index in [0.29, 0.717) is 24.1 Å². The van der Waals surface area contributed by atoms with Crippen molar-refractivity contribution in [3.8, 4) is 11.5 Å². The topological polar surface area (TPSA) is 75.4 Å². The summed E-state index contributed by atoms with van der Waals surface area (Å²) >= 11 is 5.85. The second kappa shape index (κ2) is 6.27. The number of rotatable bonds is 1. The van der Waals surface area contributed by atoms with Crippen molar-refractivity contribution >= 4 is 34.2 Å². The molecule has 9 heteroatoms. The number of nitrogens with zero attached hydrogens (tertiary/aromatic N) is 2. The lowest BCUT2D eigenvalue weighted by Crippen LogP contribution is -2.21. The second-order valence-corrected chi connectivity index (χ2v) is 6.82. The van der Waals surface area contributed by atoms with Gasteiger partial charge < -0.3 is 10.2 Å². The van der Waals surface area contributed by atoms with Crippen LogP contribution in [0.25, 0.3) is 22.6 Å². The second-order valence-electron chi connectivity index (χ2n) is 6.41. The van der Waals surface area contributed by atoms with Crippen LogP contribution in [-0.4, -0.2) is 19.8 Å². The summed E-state index contributed by atoms with van der Waals surface area (Å²) in [6.07, 6.45) is -2.48. The highest BCUT2D eigenvalue weighted by Gasteiger charge is 2.31. The first kappa shape index (κ1) is 18.4. The molecule has 5 nitrogen and oxygen atoms in total. The van der Waals surface area contributed by atoms with Gasteiger partial charge in [-0.1, -0.05) is 11.6 Å². The van der Waals surface area contributed by atoms with E-state index in [1.54, 1.807) is 6.08 Å². The van der Waals surface area contributed by atoms with Crippen LogP contribution < -0.4 is 5.56 Å². The van der Waals surface area contributed by atoms with Gasteiger partial charge in [-0.25, -0.2) is 4.98 Å². The third-order valence-corrected chi connectivity index (χ3v) is 4.87. The Hall–Kier alpha value is -3.00. The molecule has 0 saturated heterocycles. The van der Waals surface area contributed by atoms with Gasteiger partial charge in [0.1, 0.15) is 5.82 Å². The largest absolute Gasteiger partial charge is 0.504 e. The average molecular weight is 409 g/mol. The summed E-state index contributed by atoms with van der Waals surface area (Å²) in [7, 11) is 0. The Labute approximate surface area is 160 Å². The van der Waals surface area contributed by atoms with Crippen molar-refractivity contribution in [2.45, 2.75) is 19.1 Å². The molecular weight excluding hydrogens is 397 g/mol. The smallest absolute Gasteiger partial charge is 0.416 e. The molecule has 1 aliphatic heterocycles. The Morgan fingerprint density at radius 2 is 1.93 bits per heavy atom. The summed E-state index contributed by atoms with van der Waals surface area (Å²) in [5.41, 5.74) is -0.260. The molecule has 0 saturated carbocycles. The fraction of sp³-hybridized carbons (Fsp3) is 0.158. The molecule has 0 unspecified atom stereocenters. The first-order chi connectivity index (χ1) is 13.1. The molecule has 0 aliphatic carbocycles. The molecule has 0 bridgehead atoms. The Kier molecular flexibility index (Phi) is 4.11. The molecule has 0 spiro atoms. The van der Waals surface area contributed by atoms with Crippen LogP contribution in [0.3, 0.4) is 0 Å². The highest BCUT2D eigenvalue weighted by atomic mass is 35.5. The molecule has 0 radical (unpaired) electrons. The van der Waals surface area contributed by atoms with Gasteiger partial charge in [-0.15, -0.1) is 0 Å². The molecule has 0 amide bonds. The zero-order valence-electron chi connectivity index (χ0n) is 14.1. The Morgan fingerprint density at radius 3 is 2.61 bits per heavy atom. The lowest BCUT2D eigenvalue weighted by atomic mass is 10.1. The van der Waals surface area contributed by atoms with Crippen LogP contribution in [0.15, 0.2) is 35.1 Å². The predicted octanol–water partition coefficient (Wildman–Crippen LogP) is 4.42. The van der Waals surface area contributed by atoms with Crippen molar-refractivity contribution in [3.63, 3.8) is 0 Å². The Morgan fingerprint density at radius 1 is 1.18 bits per heavy atom. The maximum Gasteiger partial charge on any atom is 0.416 e.